The van der Waals surface area contributed by atoms with Crippen LogP contribution in [0.3, 0.4) is 0 Å². The van der Waals surface area contributed by atoms with E-state index in [1.807, 2.05) is 24.3 Å². The first-order valence-corrected chi connectivity index (χ1v) is 9.31. The normalized spacial score (nSPS) is 12.3. The van der Waals surface area contributed by atoms with Crippen LogP contribution in [0.15, 0.2) is 35.9 Å². The molecule has 0 aliphatic heterocycles. The van der Waals surface area contributed by atoms with Gasteiger partial charge in [0.1, 0.15) is 5.75 Å². The Hall–Kier alpha value is -2.21. The number of esters is 1. The standard InChI is InChI=1S/C23H32O3/c1-6-8-21(17-23(24)25-5)20-11-13-22(14-12-20)26-16-15-19(4)10-7-9-18(2)3/h9,11-14,19,21H,7,10,15-17H2,1-5H3/t19-,21+/m1/s1. The molecule has 0 N–H and O–H groups in total. The molecule has 3 heteroatoms. The van der Waals surface area contributed by atoms with Crippen molar-refractivity contribution in [2.75, 3.05) is 13.7 Å². The lowest BCUT2D eigenvalue weighted by atomic mass is 9.96. The second-order valence-corrected chi connectivity index (χ2v) is 6.90. The van der Waals surface area contributed by atoms with E-state index < -0.39 is 0 Å². The second kappa shape index (κ2) is 12.2. The Labute approximate surface area is 158 Å². The van der Waals surface area contributed by atoms with Crippen LogP contribution < -0.4 is 4.74 Å². The van der Waals surface area contributed by atoms with Crippen molar-refractivity contribution in [3.8, 4) is 17.6 Å². The van der Waals surface area contributed by atoms with Crippen molar-refractivity contribution in [1.82, 2.24) is 0 Å². The van der Waals surface area contributed by atoms with Crippen molar-refractivity contribution in [1.29, 1.82) is 0 Å². The fourth-order valence-corrected chi connectivity index (χ4v) is 2.65. The van der Waals surface area contributed by atoms with E-state index in [0.717, 1.165) is 30.8 Å². The largest absolute Gasteiger partial charge is 0.494 e. The van der Waals surface area contributed by atoms with Gasteiger partial charge in [0, 0.05) is 0 Å². The Kier molecular flexibility index (Phi) is 10.2. The summed E-state index contributed by atoms with van der Waals surface area (Å²) in [4.78, 5) is 11.5. The number of hydrogen-bond acceptors (Lipinski definition) is 3. The van der Waals surface area contributed by atoms with Crippen molar-refractivity contribution in [3.05, 3.63) is 41.5 Å². The quantitative estimate of drug-likeness (QED) is 0.315. The highest BCUT2D eigenvalue weighted by Crippen LogP contribution is 2.23. The van der Waals surface area contributed by atoms with E-state index in [4.69, 9.17) is 9.47 Å². The van der Waals surface area contributed by atoms with Crippen LogP contribution in [-0.2, 0) is 9.53 Å². The third kappa shape index (κ3) is 8.76. The van der Waals surface area contributed by atoms with Crippen molar-refractivity contribution < 1.29 is 14.3 Å². The topological polar surface area (TPSA) is 35.5 Å². The highest BCUT2D eigenvalue weighted by atomic mass is 16.5. The van der Waals surface area contributed by atoms with Gasteiger partial charge in [-0.25, -0.2) is 0 Å². The predicted molar refractivity (Wildman–Crippen MR) is 107 cm³/mol. The van der Waals surface area contributed by atoms with Gasteiger partial charge >= 0.3 is 5.97 Å². The highest BCUT2D eigenvalue weighted by molar-refractivity contribution is 5.71. The van der Waals surface area contributed by atoms with Gasteiger partial charge in [0.15, 0.2) is 0 Å². The number of methoxy groups -OCH3 is 1. The lowest BCUT2D eigenvalue weighted by Crippen LogP contribution is -2.07. The third-order valence-electron chi connectivity index (χ3n) is 4.29. The van der Waals surface area contributed by atoms with Crippen LogP contribution >= 0.6 is 0 Å². The second-order valence-electron chi connectivity index (χ2n) is 6.90. The zero-order valence-electron chi connectivity index (χ0n) is 16.8. The summed E-state index contributed by atoms with van der Waals surface area (Å²) >= 11 is 0. The maximum absolute atomic E-state index is 11.5. The minimum atomic E-state index is -0.250. The summed E-state index contributed by atoms with van der Waals surface area (Å²) in [5.74, 6) is 7.07. The zero-order chi connectivity index (χ0) is 19.4. The molecule has 0 aliphatic rings. The summed E-state index contributed by atoms with van der Waals surface area (Å²) in [5, 5.41) is 0. The molecule has 0 aliphatic carbocycles. The number of carbonyl (C=O) groups excluding carboxylic acids is 1. The van der Waals surface area contributed by atoms with Crippen molar-refractivity contribution in [2.45, 2.75) is 59.3 Å². The average molecular weight is 357 g/mol. The fourth-order valence-electron chi connectivity index (χ4n) is 2.65. The molecule has 1 rings (SSSR count). The van der Waals surface area contributed by atoms with E-state index >= 15 is 0 Å². The summed E-state index contributed by atoms with van der Waals surface area (Å²) in [6.45, 7) is 9.04. The summed E-state index contributed by atoms with van der Waals surface area (Å²) in [6, 6.07) is 7.85. The molecule has 0 bridgehead atoms. The van der Waals surface area contributed by atoms with E-state index in [9.17, 15) is 4.79 Å². The SMILES string of the molecule is CC#C[C@@H](CC(=O)OC)c1ccc(OCC[C@H](C)CCC=C(C)C)cc1. The van der Waals surface area contributed by atoms with E-state index in [-0.39, 0.29) is 18.3 Å². The van der Waals surface area contributed by atoms with Gasteiger partial charge in [-0.2, -0.15) is 0 Å². The molecule has 2 atom stereocenters. The van der Waals surface area contributed by atoms with Crippen LogP contribution in [0.2, 0.25) is 0 Å². The molecule has 0 spiro atoms. The van der Waals surface area contributed by atoms with E-state index in [0.29, 0.717) is 5.92 Å². The van der Waals surface area contributed by atoms with Crippen molar-refractivity contribution in [2.24, 2.45) is 5.92 Å². The highest BCUT2D eigenvalue weighted by Gasteiger charge is 2.14. The molecule has 3 nitrogen and oxygen atoms in total. The van der Waals surface area contributed by atoms with E-state index in [1.165, 1.54) is 19.1 Å². The Morgan fingerprint density at radius 3 is 2.46 bits per heavy atom. The summed E-state index contributed by atoms with van der Waals surface area (Å²) in [6.07, 6.45) is 5.93. The van der Waals surface area contributed by atoms with Crippen LogP contribution in [0, 0.1) is 17.8 Å². The molecule has 26 heavy (non-hydrogen) atoms. The number of allylic oxidation sites excluding steroid dienone is 2. The number of hydrogen-bond donors (Lipinski definition) is 0. The molecule has 0 aromatic heterocycles. The molecular formula is C23H32O3. The van der Waals surface area contributed by atoms with Crippen molar-refractivity contribution >= 4 is 5.97 Å². The molecule has 0 saturated carbocycles. The monoisotopic (exact) mass is 356 g/mol. The summed E-state index contributed by atoms with van der Waals surface area (Å²) < 4.78 is 10.6. The first-order valence-electron chi connectivity index (χ1n) is 9.31. The minimum absolute atomic E-state index is 0.142. The van der Waals surface area contributed by atoms with Crippen LogP contribution in [0.4, 0.5) is 0 Å². The summed E-state index contributed by atoms with van der Waals surface area (Å²) in [7, 11) is 1.40. The van der Waals surface area contributed by atoms with Gasteiger partial charge in [-0.05, 0) is 63.6 Å². The van der Waals surface area contributed by atoms with Crippen LogP contribution in [0.5, 0.6) is 5.75 Å². The maximum atomic E-state index is 11.5. The lowest BCUT2D eigenvalue weighted by Gasteiger charge is -2.13. The number of carbonyl (C=O) groups is 1. The summed E-state index contributed by atoms with van der Waals surface area (Å²) in [5.41, 5.74) is 2.39. The first-order chi connectivity index (χ1) is 12.5. The van der Waals surface area contributed by atoms with Crippen LogP contribution in [0.1, 0.15) is 64.9 Å². The fraction of sp³-hybridized carbons (Fsp3) is 0.522. The van der Waals surface area contributed by atoms with Crippen molar-refractivity contribution in [3.63, 3.8) is 0 Å². The molecule has 0 unspecified atom stereocenters. The Bertz CT molecular complexity index is 628. The molecule has 0 amide bonds. The smallest absolute Gasteiger partial charge is 0.307 e. The Morgan fingerprint density at radius 1 is 1.19 bits per heavy atom. The van der Waals surface area contributed by atoms with E-state index in [2.05, 4.69) is 38.7 Å². The average Bonchev–Trinajstić information content (AvgIpc) is 2.61. The molecule has 1 aromatic carbocycles. The zero-order valence-corrected chi connectivity index (χ0v) is 16.8. The number of ether oxygens (including phenoxy) is 2. The van der Waals surface area contributed by atoms with Gasteiger partial charge in [0.2, 0.25) is 0 Å². The molecule has 142 valence electrons. The molecule has 1 aromatic rings. The van der Waals surface area contributed by atoms with Gasteiger partial charge in [0.05, 0.1) is 26.1 Å². The van der Waals surface area contributed by atoms with Gasteiger partial charge < -0.3 is 9.47 Å². The first kappa shape index (κ1) is 21.8. The molecular weight excluding hydrogens is 324 g/mol. The van der Waals surface area contributed by atoms with Gasteiger partial charge in [-0.1, -0.05) is 36.6 Å². The molecule has 0 heterocycles. The molecule has 0 fully saturated rings. The Morgan fingerprint density at radius 2 is 1.88 bits per heavy atom. The minimum Gasteiger partial charge on any atom is -0.494 e. The van der Waals surface area contributed by atoms with E-state index in [1.54, 1.807) is 6.92 Å². The van der Waals surface area contributed by atoms with Gasteiger partial charge in [0.25, 0.3) is 0 Å². The van der Waals surface area contributed by atoms with Crippen LogP contribution in [-0.4, -0.2) is 19.7 Å². The third-order valence-corrected chi connectivity index (χ3v) is 4.29. The number of rotatable bonds is 10. The van der Waals surface area contributed by atoms with Gasteiger partial charge in [-0.15, -0.1) is 5.92 Å². The lowest BCUT2D eigenvalue weighted by molar-refractivity contribution is -0.140. The molecule has 0 radical (unpaired) electrons. The predicted octanol–water partition coefficient (Wildman–Crippen LogP) is 5.51. The maximum Gasteiger partial charge on any atom is 0.307 e. The van der Waals surface area contributed by atoms with Crippen LogP contribution in [0.25, 0.3) is 0 Å². The number of benzene rings is 1. The Balaban J connectivity index is 2.49. The van der Waals surface area contributed by atoms with Gasteiger partial charge in [-0.3, -0.25) is 4.79 Å². The molecule has 0 saturated heterocycles.